The Hall–Kier alpha value is -14.2. The first-order valence-electron chi connectivity index (χ1n) is 45.9. The van der Waals surface area contributed by atoms with E-state index in [-0.39, 0.29) is 95.9 Å². The molecule has 1 aromatic heterocycles. The number of carbonyl (C=O) groups is 6. The van der Waals surface area contributed by atoms with E-state index in [1.54, 1.807) is 124 Å². The molecule has 1 amide bonds. The molecule has 15 aromatic rings. The Labute approximate surface area is 860 Å². The first kappa shape index (κ1) is 112. The van der Waals surface area contributed by atoms with Crippen molar-refractivity contribution in [1.29, 1.82) is 0 Å². The second-order valence-electron chi connectivity index (χ2n) is 33.6. The number of benzene rings is 14. The quantitative estimate of drug-likeness (QED) is 0.0174. The minimum absolute atomic E-state index is 0.0443. The van der Waals surface area contributed by atoms with Gasteiger partial charge in [0.15, 0.2) is 28.9 Å². The zero-order valence-electron chi connectivity index (χ0n) is 79.7. The Morgan fingerprint density at radius 1 is 0.333 bits per heavy atom. The fourth-order valence-corrected chi connectivity index (χ4v) is 21.0. The van der Waals surface area contributed by atoms with Crippen molar-refractivity contribution in [2.75, 3.05) is 39.3 Å². The fraction of sp³-hybridized carbons (Fsp3) is 0.164. The number of aliphatic hydroxyl groups excluding tert-OH is 1. The molecular weight excluding hydrogens is 2030 g/mol. The summed E-state index contributed by atoms with van der Waals surface area (Å²) in [4.78, 5) is 74.3. The summed E-state index contributed by atoms with van der Waals surface area (Å²) in [5, 5.41) is 17.9. The molecule has 37 heteroatoms. The lowest BCUT2D eigenvalue weighted by atomic mass is 9.96. The Morgan fingerprint density at radius 2 is 0.701 bits per heavy atom. The molecule has 17 rings (SSSR count). The van der Waals surface area contributed by atoms with E-state index >= 15 is 0 Å². The maximum absolute atomic E-state index is 14.7. The van der Waals surface area contributed by atoms with Crippen molar-refractivity contribution < 1.29 is 93.5 Å². The maximum atomic E-state index is 14.7. The number of hydrogen-bond donors (Lipinski definition) is 6. The summed E-state index contributed by atoms with van der Waals surface area (Å²) in [5.41, 5.74) is 9.06. The third kappa shape index (κ3) is 30.8. The van der Waals surface area contributed by atoms with Crippen LogP contribution < -0.4 is 23.6 Å². The second kappa shape index (κ2) is 51.8. The predicted octanol–water partition coefficient (Wildman–Crippen LogP) is 19.4. The number of rotatable bonds is 31. The highest BCUT2D eigenvalue weighted by atomic mass is 35.5. The monoisotopic (exact) mass is 2130 g/mol. The van der Waals surface area contributed by atoms with Crippen LogP contribution in [-0.2, 0) is 76.3 Å². The van der Waals surface area contributed by atoms with E-state index in [0.29, 0.717) is 68.4 Å². The van der Waals surface area contributed by atoms with E-state index < -0.39 is 104 Å². The molecular formula is C110H101Cl2F4N9O17S5. The number of Topliss-reactive ketones (excluding diaryl/α,β-unsaturated/α-hetero) is 5. The van der Waals surface area contributed by atoms with Crippen molar-refractivity contribution >= 4 is 108 Å². The van der Waals surface area contributed by atoms with Crippen LogP contribution in [0.2, 0.25) is 10.0 Å². The van der Waals surface area contributed by atoms with Gasteiger partial charge in [-0.3, -0.25) is 28.8 Å². The van der Waals surface area contributed by atoms with Crippen molar-refractivity contribution in [1.82, 2.24) is 42.7 Å². The van der Waals surface area contributed by atoms with Gasteiger partial charge in [0.2, 0.25) is 40.1 Å². The summed E-state index contributed by atoms with van der Waals surface area (Å²) in [5.74, 6) is -4.16. The highest BCUT2D eigenvalue weighted by Gasteiger charge is 2.31. The number of halogens is 6. The zero-order chi connectivity index (χ0) is 106. The Bertz CT molecular complexity index is 7750. The van der Waals surface area contributed by atoms with E-state index in [1.165, 1.54) is 101 Å². The molecule has 0 saturated carbocycles. The third-order valence-electron chi connectivity index (χ3n) is 23.1. The molecule has 1 fully saturated rings. The molecule has 0 aliphatic carbocycles. The molecule has 0 radical (unpaired) electrons. The van der Waals surface area contributed by atoms with E-state index in [4.69, 9.17) is 28.3 Å². The minimum Gasteiger partial charge on any atom is -0.392 e. The van der Waals surface area contributed by atoms with Gasteiger partial charge in [-0.15, -0.1) is 10.2 Å². The third-order valence-corrected chi connectivity index (χ3v) is 30.8. The van der Waals surface area contributed by atoms with Crippen LogP contribution in [0.5, 0.6) is 0 Å². The van der Waals surface area contributed by atoms with E-state index in [2.05, 4.69) is 29.1 Å². The average Bonchev–Trinajstić information content (AvgIpc) is 1.72. The number of fused-ring (bicyclic) bond motifs is 1. The molecule has 1 saturated heterocycles. The number of hydrogen-bond acceptors (Lipinski definition) is 19. The van der Waals surface area contributed by atoms with E-state index in [9.17, 15) is 88.4 Å². The minimum atomic E-state index is -3.95. The summed E-state index contributed by atoms with van der Waals surface area (Å²) >= 11 is 11.7. The Balaban J connectivity index is 0.000000158. The fourth-order valence-electron chi connectivity index (χ4n) is 15.3. The standard InChI is InChI=1S/C22H20FNO4S.C21H20FN3O.C20H15ClFNO3S.C18H19FN2O3S.C15H15NO3S.C14H12ClNO3S/c1-15-11-18(17-5-3-2-4-6-17)12-20(22(15)23)21(26)13-24-29(27,28)19-9-7-16(14-25)8-10-19;1-14-11-16(15-7-3-2-4-8-15)12-17(21(14)22)18(26)13-20-24-23-19-9-5-6-10-25(19)20;21-16-7-4-8-17(12-16)27(25,26)23-13-20(24)18-11-15(9-10-19(18)22)14-5-2-1-3-6-14;1-13-11-15(14-7-3-2-4-8-14)12-16(17(13)19)18(22)20-25(23,24)21-9-5-6-10-21;1-12-7-5-6-10-14(12)15(17)11-16-20(18,19)13-8-3-2-4-9-13;15-13-9-5-4-8-12(13)14(17)10-16-20(18,19)11-6-2-1-3-7-11/h2-12,24-25H,13-14H2,1H3;2-4,7-8,11-12H,5-6,9-10,13H2,1H3;1-12,23H,13H2;2-4,7-8,11-12H,5-6,9-10H2,1H3,(H,20,22);2-10,16H,11H2,1H3;1-9,16H,10H2. The van der Waals surface area contributed by atoms with Gasteiger partial charge < -0.3 is 9.67 Å². The van der Waals surface area contributed by atoms with E-state index in [0.717, 1.165) is 77.9 Å². The van der Waals surface area contributed by atoms with Crippen LogP contribution in [0.25, 0.3) is 44.5 Å². The molecule has 14 aromatic carbocycles. The first-order chi connectivity index (χ1) is 70.2. The van der Waals surface area contributed by atoms with Crippen molar-refractivity contribution in [3.8, 4) is 44.5 Å². The zero-order valence-corrected chi connectivity index (χ0v) is 85.3. The molecule has 2 aliphatic heterocycles. The van der Waals surface area contributed by atoms with Gasteiger partial charge >= 0.3 is 10.2 Å². The molecule has 147 heavy (non-hydrogen) atoms. The Morgan fingerprint density at radius 3 is 1.16 bits per heavy atom. The number of sulfonamides is 4. The highest BCUT2D eigenvalue weighted by Crippen LogP contribution is 2.32. The lowest BCUT2D eigenvalue weighted by molar-refractivity contribution is 0.0968. The van der Waals surface area contributed by atoms with Gasteiger partial charge in [0.05, 0.1) is 86.1 Å². The van der Waals surface area contributed by atoms with Gasteiger partial charge in [-0.2, -0.15) is 12.7 Å². The van der Waals surface area contributed by atoms with E-state index in [1.807, 2.05) is 150 Å². The molecule has 2 aliphatic rings. The van der Waals surface area contributed by atoms with Crippen molar-refractivity contribution in [2.24, 2.45) is 0 Å². The van der Waals surface area contributed by atoms with Gasteiger partial charge in [0.1, 0.15) is 34.9 Å². The van der Waals surface area contributed by atoms with Crippen LogP contribution in [0.4, 0.5) is 17.6 Å². The molecule has 760 valence electrons. The maximum Gasteiger partial charge on any atom is 0.304 e. The van der Waals surface area contributed by atoms with Crippen LogP contribution in [-0.4, -0.2) is 140 Å². The van der Waals surface area contributed by atoms with Crippen LogP contribution in [0.15, 0.2) is 353 Å². The normalized spacial score (nSPS) is 12.4. The highest BCUT2D eigenvalue weighted by molar-refractivity contribution is 7.90. The number of nitrogens with one attached hydrogen (secondary N) is 5. The number of aliphatic hydroxyl groups is 1. The number of aryl methyl sites for hydroxylation is 5. The smallest absolute Gasteiger partial charge is 0.304 e. The average molecular weight is 2130 g/mol. The number of carbonyl (C=O) groups excluding carboxylic acids is 6. The van der Waals surface area contributed by atoms with Crippen molar-refractivity contribution in [3.05, 3.63) is 440 Å². The van der Waals surface area contributed by atoms with Gasteiger partial charge in [-0.05, 0) is 241 Å². The van der Waals surface area contributed by atoms with Crippen molar-refractivity contribution in [3.63, 3.8) is 0 Å². The second-order valence-corrected chi connectivity index (χ2v) is 43.2. The van der Waals surface area contributed by atoms with Crippen LogP contribution in [0, 0.1) is 51.0 Å². The van der Waals surface area contributed by atoms with Gasteiger partial charge in [-0.25, -0.2) is 74.8 Å². The molecule has 26 nitrogen and oxygen atoms in total. The van der Waals surface area contributed by atoms with Crippen LogP contribution >= 0.6 is 23.2 Å². The molecule has 0 atom stereocenters. The lowest BCUT2D eigenvalue weighted by Gasteiger charge is -2.16. The molecule has 0 bridgehead atoms. The van der Waals surface area contributed by atoms with Crippen molar-refractivity contribution in [2.45, 2.75) is 99.0 Å². The first-order valence-corrected chi connectivity index (χ1v) is 54.0. The Kier molecular flexibility index (Phi) is 39.3. The number of nitrogens with zero attached hydrogens (tertiary/aromatic N) is 4. The largest absolute Gasteiger partial charge is 0.392 e. The van der Waals surface area contributed by atoms with Gasteiger partial charge in [-0.1, -0.05) is 242 Å². The summed E-state index contributed by atoms with van der Waals surface area (Å²) in [6.45, 7) is 6.27. The summed E-state index contributed by atoms with van der Waals surface area (Å²) in [6, 6.07) is 91.8. The van der Waals surface area contributed by atoms with Crippen LogP contribution in [0.1, 0.15) is 127 Å². The van der Waals surface area contributed by atoms with Crippen LogP contribution in [0.3, 0.4) is 0 Å². The topological polar surface area (TPSA) is 387 Å². The lowest BCUT2D eigenvalue weighted by Crippen LogP contribution is -2.42. The predicted molar refractivity (Wildman–Crippen MR) is 557 cm³/mol. The number of amides is 1. The number of aromatic nitrogens is 3. The summed E-state index contributed by atoms with van der Waals surface area (Å²) in [6.07, 6.45) is 4.63. The molecule has 0 unspecified atom stereocenters. The summed E-state index contributed by atoms with van der Waals surface area (Å²) in [7, 11) is -19.2. The van der Waals surface area contributed by atoms with Gasteiger partial charge in [0, 0.05) is 42.2 Å². The molecule has 3 heterocycles. The summed E-state index contributed by atoms with van der Waals surface area (Å²) < 4.78 is 194. The molecule has 6 N–H and O–H groups in total. The number of ketones is 5. The molecule has 0 spiro atoms. The van der Waals surface area contributed by atoms with Gasteiger partial charge in [0.25, 0.3) is 5.91 Å². The SMILES string of the molecule is Cc1cc(-c2ccccc2)cc(C(=O)CNS(=O)(=O)c2ccc(CO)cc2)c1F.Cc1cc(-c2ccccc2)cc(C(=O)Cc2nnc3n2CCCC3)c1F.Cc1cc(-c2ccccc2)cc(C(=O)NS(=O)(=O)N2CCCC2)c1F.Cc1ccccc1C(=O)CNS(=O)(=O)c1ccccc1.O=C(CNS(=O)(=O)c1cccc(Cl)c1)c1cc(-c2ccccc2)ccc1F.O=C(CNS(=O)(=O)c1ccccc1)c1ccccc1Cl.